The summed E-state index contributed by atoms with van der Waals surface area (Å²) in [6, 6.07) is 6.80. The second-order valence-electron chi connectivity index (χ2n) is 5.20. The van der Waals surface area contributed by atoms with Crippen molar-refractivity contribution in [3.63, 3.8) is 0 Å². The zero-order chi connectivity index (χ0) is 12.9. The third kappa shape index (κ3) is 4.84. The van der Waals surface area contributed by atoms with E-state index in [4.69, 9.17) is 10.5 Å². The van der Waals surface area contributed by atoms with Gasteiger partial charge in [-0.25, -0.2) is 4.39 Å². The van der Waals surface area contributed by atoms with Crippen LogP contribution in [0.2, 0.25) is 0 Å². The monoisotopic (exact) mass is 239 g/mol. The molecule has 96 valence electrons. The highest BCUT2D eigenvalue weighted by molar-refractivity contribution is 5.22. The minimum absolute atomic E-state index is 0.0264. The van der Waals surface area contributed by atoms with Gasteiger partial charge in [0.15, 0.2) is 0 Å². The highest BCUT2D eigenvalue weighted by Crippen LogP contribution is 2.22. The van der Waals surface area contributed by atoms with Crippen molar-refractivity contribution in [3.05, 3.63) is 35.6 Å². The minimum atomic E-state index is -0.182. The Morgan fingerprint density at radius 2 is 1.94 bits per heavy atom. The molecule has 0 saturated carbocycles. The van der Waals surface area contributed by atoms with Gasteiger partial charge in [-0.15, -0.1) is 0 Å². The summed E-state index contributed by atoms with van der Waals surface area (Å²) in [5, 5.41) is 0. The average molecular weight is 239 g/mol. The van der Waals surface area contributed by atoms with Crippen LogP contribution < -0.4 is 5.73 Å². The Balaban J connectivity index is 2.58. The lowest BCUT2D eigenvalue weighted by molar-refractivity contribution is -0.00609. The van der Waals surface area contributed by atoms with Crippen LogP contribution in [0.3, 0.4) is 0 Å². The molecule has 2 N–H and O–H groups in total. The molecule has 1 aromatic rings. The van der Waals surface area contributed by atoms with E-state index < -0.39 is 0 Å². The summed E-state index contributed by atoms with van der Waals surface area (Å²) in [5.74, 6) is -0.155. The van der Waals surface area contributed by atoms with E-state index in [0.717, 1.165) is 6.42 Å². The zero-order valence-corrected chi connectivity index (χ0v) is 10.9. The van der Waals surface area contributed by atoms with Crippen LogP contribution in [0.15, 0.2) is 24.3 Å². The van der Waals surface area contributed by atoms with Gasteiger partial charge in [-0.05, 0) is 45.4 Å². The zero-order valence-electron chi connectivity index (χ0n) is 10.9. The van der Waals surface area contributed by atoms with E-state index in [2.05, 4.69) is 0 Å². The smallest absolute Gasteiger partial charge is 0.126 e. The number of benzene rings is 1. The Labute approximate surface area is 103 Å². The number of nitrogens with two attached hydrogens (primary N) is 1. The topological polar surface area (TPSA) is 35.2 Å². The molecule has 2 nitrogen and oxygen atoms in total. The van der Waals surface area contributed by atoms with Crippen molar-refractivity contribution in [1.29, 1.82) is 0 Å². The Kier molecular flexibility index (Phi) is 5.09. The van der Waals surface area contributed by atoms with E-state index >= 15 is 0 Å². The third-order valence-corrected chi connectivity index (χ3v) is 2.63. The van der Waals surface area contributed by atoms with Gasteiger partial charge in [-0.1, -0.05) is 18.2 Å². The van der Waals surface area contributed by atoms with Gasteiger partial charge >= 0.3 is 0 Å². The van der Waals surface area contributed by atoms with Gasteiger partial charge in [0.1, 0.15) is 5.82 Å². The van der Waals surface area contributed by atoms with Gasteiger partial charge in [0.25, 0.3) is 0 Å². The first-order valence-electron chi connectivity index (χ1n) is 6.02. The minimum Gasteiger partial charge on any atom is -0.376 e. The molecular formula is C14H22FNO. The van der Waals surface area contributed by atoms with Gasteiger partial charge in [-0.2, -0.15) is 0 Å². The quantitative estimate of drug-likeness (QED) is 0.857. The lowest BCUT2D eigenvalue weighted by Crippen LogP contribution is -2.22. The maximum atomic E-state index is 13.6. The summed E-state index contributed by atoms with van der Waals surface area (Å²) >= 11 is 0. The highest BCUT2D eigenvalue weighted by Gasteiger charge is 2.16. The second kappa shape index (κ2) is 6.12. The van der Waals surface area contributed by atoms with Crippen molar-refractivity contribution < 1.29 is 9.13 Å². The van der Waals surface area contributed by atoms with E-state index in [1.807, 2.05) is 26.8 Å². The van der Waals surface area contributed by atoms with Gasteiger partial charge in [-0.3, -0.25) is 0 Å². The average Bonchev–Trinajstić information content (AvgIpc) is 2.24. The molecule has 17 heavy (non-hydrogen) atoms. The third-order valence-electron chi connectivity index (χ3n) is 2.63. The van der Waals surface area contributed by atoms with E-state index in [0.29, 0.717) is 18.7 Å². The first kappa shape index (κ1) is 14.1. The van der Waals surface area contributed by atoms with Crippen LogP contribution in [0.25, 0.3) is 0 Å². The standard InChI is InChI=1S/C14H22FNO/c1-14(2,3)17-9-8-11(10-16)12-6-4-5-7-13(12)15/h4-7,11H,8-10,16H2,1-3H3. The number of ether oxygens (including phenoxy) is 1. The Morgan fingerprint density at radius 3 is 2.47 bits per heavy atom. The normalized spacial score (nSPS) is 13.7. The lowest BCUT2D eigenvalue weighted by Gasteiger charge is -2.22. The largest absolute Gasteiger partial charge is 0.376 e. The molecule has 0 amide bonds. The van der Waals surface area contributed by atoms with E-state index in [1.54, 1.807) is 12.1 Å². The predicted octanol–water partition coefficient (Wildman–Crippen LogP) is 3.07. The first-order chi connectivity index (χ1) is 7.94. The molecule has 0 heterocycles. The molecule has 0 radical (unpaired) electrons. The van der Waals surface area contributed by atoms with Gasteiger partial charge < -0.3 is 10.5 Å². The number of hydrogen-bond acceptors (Lipinski definition) is 2. The summed E-state index contributed by atoms with van der Waals surface area (Å²) in [4.78, 5) is 0. The Bertz CT molecular complexity index is 346. The molecular weight excluding hydrogens is 217 g/mol. The molecule has 1 atom stereocenters. The number of hydrogen-bond donors (Lipinski definition) is 1. The maximum Gasteiger partial charge on any atom is 0.126 e. The van der Waals surface area contributed by atoms with Crippen molar-refractivity contribution >= 4 is 0 Å². The SMILES string of the molecule is CC(C)(C)OCCC(CN)c1ccccc1F. The lowest BCUT2D eigenvalue weighted by atomic mass is 9.95. The predicted molar refractivity (Wildman–Crippen MR) is 68.5 cm³/mol. The molecule has 1 rings (SSSR count). The molecule has 0 spiro atoms. The molecule has 0 fully saturated rings. The van der Waals surface area contributed by atoms with Gasteiger partial charge in [0.2, 0.25) is 0 Å². The van der Waals surface area contributed by atoms with Crippen LogP contribution in [0.1, 0.15) is 38.7 Å². The molecule has 0 bridgehead atoms. The highest BCUT2D eigenvalue weighted by atomic mass is 19.1. The molecule has 0 aliphatic carbocycles. The van der Waals surface area contributed by atoms with Crippen LogP contribution in [-0.4, -0.2) is 18.8 Å². The number of rotatable bonds is 5. The van der Waals surface area contributed by atoms with Crippen molar-refractivity contribution in [3.8, 4) is 0 Å². The van der Waals surface area contributed by atoms with Crippen LogP contribution >= 0.6 is 0 Å². The van der Waals surface area contributed by atoms with Crippen LogP contribution in [0.4, 0.5) is 4.39 Å². The summed E-state index contributed by atoms with van der Waals surface area (Å²) < 4.78 is 19.2. The van der Waals surface area contributed by atoms with Crippen molar-refractivity contribution in [2.45, 2.75) is 38.7 Å². The molecule has 1 unspecified atom stereocenters. The molecule has 0 saturated heterocycles. The molecule has 1 aromatic carbocycles. The van der Waals surface area contributed by atoms with E-state index in [1.165, 1.54) is 6.07 Å². The second-order valence-corrected chi connectivity index (χ2v) is 5.20. The Hall–Kier alpha value is -0.930. The van der Waals surface area contributed by atoms with Crippen LogP contribution in [-0.2, 0) is 4.74 Å². The van der Waals surface area contributed by atoms with Crippen LogP contribution in [0.5, 0.6) is 0 Å². The van der Waals surface area contributed by atoms with Gasteiger partial charge in [0.05, 0.1) is 5.60 Å². The Morgan fingerprint density at radius 1 is 1.29 bits per heavy atom. The van der Waals surface area contributed by atoms with Crippen molar-refractivity contribution in [2.24, 2.45) is 5.73 Å². The molecule has 0 aliphatic heterocycles. The number of halogens is 1. The summed E-state index contributed by atoms with van der Waals surface area (Å²) in [6.45, 7) is 7.06. The summed E-state index contributed by atoms with van der Waals surface area (Å²) in [7, 11) is 0. The van der Waals surface area contributed by atoms with Crippen molar-refractivity contribution in [2.75, 3.05) is 13.2 Å². The summed E-state index contributed by atoms with van der Waals surface area (Å²) in [6.07, 6.45) is 0.745. The fourth-order valence-corrected chi connectivity index (χ4v) is 1.71. The maximum absolute atomic E-state index is 13.6. The van der Waals surface area contributed by atoms with E-state index in [9.17, 15) is 4.39 Å². The fourth-order valence-electron chi connectivity index (χ4n) is 1.71. The van der Waals surface area contributed by atoms with Crippen LogP contribution in [0, 0.1) is 5.82 Å². The molecule has 0 aromatic heterocycles. The first-order valence-corrected chi connectivity index (χ1v) is 6.02. The van der Waals surface area contributed by atoms with Gasteiger partial charge in [0, 0.05) is 12.5 Å². The molecule has 0 aliphatic rings. The van der Waals surface area contributed by atoms with E-state index in [-0.39, 0.29) is 17.3 Å². The fraction of sp³-hybridized carbons (Fsp3) is 0.571. The van der Waals surface area contributed by atoms with Crippen molar-refractivity contribution in [1.82, 2.24) is 0 Å². The summed E-state index contributed by atoms with van der Waals surface area (Å²) in [5.41, 5.74) is 6.23. The molecule has 3 heteroatoms.